The Morgan fingerprint density at radius 3 is 2.95 bits per heavy atom. The first-order chi connectivity index (χ1) is 9.67. The molecule has 3 nitrogen and oxygen atoms in total. The molecule has 2 aromatic heterocycles. The summed E-state index contributed by atoms with van der Waals surface area (Å²) >= 11 is 5.21. The maximum atomic E-state index is 6.00. The first kappa shape index (κ1) is 13.8. The van der Waals surface area contributed by atoms with E-state index in [1.54, 1.807) is 11.3 Å². The number of nitrogens with zero attached hydrogens (tertiary/aromatic N) is 1. The number of aromatic nitrogens is 1. The number of para-hydroxylation sites is 1. The van der Waals surface area contributed by atoms with Gasteiger partial charge in [0.05, 0.1) is 21.2 Å². The lowest BCUT2D eigenvalue weighted by Crippen LogP contribution is -2.18. The highest BCUT2D eigenvalue weighted by Gasteiger charge is 2.17. The molecule has 0 aliphatic heterocycles. The van der Waals surface area contributed by atoms with Crippen LogP contribution in [0.3, 0.4) is 0 Å². The zero-order chi connectivity index (χ0) is 14.1. The van der Waals surface area contributed by atoms with E-state index >= 15 is 0 Å². The Morgan fingerprint density at radius 2 is 2.30 bits per heavy atom. The van der Waals surface area contributed by atoms with Gasteiger partial charge in [0.25, 0.3) is 0 Å². The molecule has 3 rings (SSSR count). The molecule has 1 aromatic carbocycles. The van der Waals surface area contributed by atoms with Crippen LogP contribution in [-0.2, 0) is 6.42 Å². The molecule has 2 heterocycles. The minimum absolute atomic E-state index is 0.135. The van der Waals surface area contributed by atoms with Crippen LogP contribution < -0.4 is 5.32 Å². The first-order valence-electron chi connectivity index (χ1n) is 6.43. The van der Waals surface area contributed by atoms with E-state index < -0.39 is 0 Å². The SMILES string of the molecule is CNC(Cc1csc(C)n1)c1cc2cccc(Br)c2o1. The maximum absolute atomic E-state index is 6.00. The second-order valence-corrected chi connectivity index (χ2v) is 6.63. The average molecular weight is 351 g/mol. The Bertz CT molecular complexity index is 734. The summed E-state index contributed by atoms with van der Waals surface area (Å²) in [5, 5.41) is 7.64. The van der Waals surface area contributed by atoms with Crippen LogP contribution in [0.15, 0.2) is 38.5 Å². The predicted molar refractivity (Wildman–Crippen MR) is 86.3 cm³/mol. The molecule has 0 saturated carbocycles. The van der Waals surface area contributed by atoms with Crippen molar-refractivity contribution in [3.63, 3.8) is 0 Å². The zero-order valence-electron chi connectivity index (χ0n) is 11.3. The van der Waals surface area contributed by atoms with E-state index in [4.69, 9.17) is 4.42 Å². The van der Waals surface area contributed by atoms with Crippen LogP contribution in [-0.4, -0.2) is 12.0 Å². The summed E-state index contributed by atoms with van der Waals surface area (Å²) in [6.07, 6.45) is 0.832. The van der Waals surface area contributed by atoms with Gasteiger partial charge in [0.2, 0.25) is 0 Å². The van der Waals surface area contributed by atoms with Crippen LogP contribution >= 0.6 is 27.3 Å². The van der Waals surface area contributed by atoms with Gasteiger partial charge in [-0.15, -0.1) is 11.3 Å². The van der Waals surface area contributed by atoms with E-state index in [1.807, 2.05) is 26.1 Å². The quantitative estimate of drug-likeness (QED) is 0.754. The van der Waals surface area contributed by atoms with Crippen molar-refractivity contribution in [3.8, 4) is 0 Å². The van der Waals surface area contributed by atoms with E-state index in [9.17, 15) is 0 Å². The van der Waals surface area contributed by atoms with Crippen LogP contribution in [0, 0.1) is 6.92 Å². The first-order valence-corrected chi connectivity index (χ1v) is 8.11. The molecule has 0 fully saturated rings. The van der Waals surface area contributed by atoms with Crippen molar-refractivity contribution in [3.05, 3.63) is 50.6 Å². The number of rotatable bonds is 4. The minimum atomic E-state index is 0.135. The van der Waals surface area contributed by atoms with Crippen molar-refractivity contribution in [2.24, 2.45) is 0 Å². The minimum Gasteiger partial charge on any atom is -0.458 e. The standard InChI is InChI=1S/C15H15BrN2OS/c1-9-18-11(8-20-9)7-13(17-2)14-6-10-4-3-5-12(16)15(10)19-14/h3-6,8,13,17H,7H2,1-2H3. The third-order valence-electron chi connectivity index (χ3n) is 3.29. The van der Waals surface area contributed by atoms with Crippen LogP contribution in [0.4, 0.5) is 0 Å². The molecule has 0 aliphatic rings. The van der Waals surface area contributed by atoms with E-state index in [2.05, 4.69) is 43.7 Å². The van der Waals surface area contributed by atoms with Crippen molar-refractivity contribution in [2.75, 3.05) is 7.05 Å². The highest BCUT2D eigenvalue weighted by Crippen LogP contribution is 2.30. The van der Waals surface area contributed by atoms with Gasteiger partial charge in [-0.2, -0.15) is 0 Å². The molecular formula is C15H15BrN2OS. The van der Waals surface area contributed by atoms with Crippen molar-refractivity contribution in [1.29, 1.82) is 0 Å². The summed E-state index contributed by atoms with van der Waals surface area (Å²) in [4.78, 5) is 4.52. The summed E-state index contributed by atoms with van der Waals surface area (Å²) in [6.45, 7) is 2.03. The molecule has 0 aliphatic carbocycles. The van der Waals surface area contributed by atoms with Gasteiger partial charge in [0.15, 0.2) is 0 Å². The fraction of sp³-hybridized carbons (Fsp3) is 0.267. The van der Waals surface area contributed by atoms with Gasteiger partial charge < -0.3 is 9.73 Å². The smallest absolute Gasteiger partial charge is 0.148 e. The highest BCUT2D eigenvalue weighted by molar-refractivity contribution is 9.10. The van der Waals surface area contributed by atoms with E-state index in [1.165, 1.54) is 0 Å². The Balaban J connectivity index is 1.92. The van der Waals surface area contributed by atoms with Gasteiger partial charge in [-0.3, -0.25) is 0 Å². The molecule has 0 bridgehead atoms. The maximum Gasteiger partial charge on any atom is 0.148 e. The lowest BCUT2D eigenvalue weighted by Gasteiger charge is -2.11. The molecule has 1 atom stereocenters. The normalized spacial score (nSPS) is 12.9. The molecule has 104 valence electrons. The topological polar surface area (TPSA) is 38.1 Å². The molecule has 5 heteroatoms. The molecule has 1 N–H and O–H groups in total. The number of likely N-dealkylation sites (N-methyl/N-ethyl adjacent to an activating group) is 1. The monoisotopic (exact) mass is 350 g/mol. The third kappa shape index (κ3) is 2.66. The van der Waals surface area contributed by atoms with Crippen LogP contribution in [0.1, 0.15) is 22.5 Å². The molecule has 3 aromatic rings. The van der Waals surface area contributed by atoms with E-state index in [0.717, 1.165) is 38.3 Å². The molecule has 0 saturated heterocycles. The second-order valence-electron chi connectivity index (χ2n) is 4.71. The molecule has 0 radical (unpaired) electrons. The van der Waals surface area contributed by atoms with Crippen molar-refractivity contribution < 1.29 is 4.42 Å². The number of benzene rings is 1. The lowest BCUT2D eigenvalue weighted by atomic mass is 10.1. The Kier molecular flexibility index (Phi) is 3.92. The van der Waals surface area contributed by atoms with Crippen molar-refractivity contribution in [2.45, 2.75) is 19.4 Å². The predicted octanol–water partition coefficient (Wildman–Crippen LogP) is 4.46. The number of nitrogens with one attached hydrogen (secondary N) is 1. The Hall–Kier alpha value is -1.17. The number of furan rings is 1. The van der Waals surface area contributed by atoms with Crippen molar-refractivity contribution >= 4 is 38.2 Å². The fourth-order valence-electron chi connectivity index (χ4n) is 2.28. The summed E-state index contributed by atoms with van der Waals surface area (Å²) in [6, 6.07) is 8.31. The Morgan fingerprint density at radius 1 is 1.45 bits per heavy atom. The highest BCUT2D eigenvalue weighted by atomic mass is 79.9. The van der Waals surface area contributed by atoms with Crippen LogP contribution in [0.2, 0.25) is 0 Å². The van der Waals surface area contributed by atoms with Gasteiger partial charge in [0, 0.05) is 17.2 Å². The summed E-state index contributed by atoms with van der Waals surface area (Å²) in [5.41, 5.74) is 2.00. The fourth-order valence-corrected chi connectivity index (χ4v) is 3.36. The Labute approximate surface area is 130 Å². The van der Waals surface area contributed by atoms with Gasteiger partial charge in [0.1, 0.15) is 11.3 Å². The zero-order valence-corrected chi connectivity index (χ0v) is 13.7. The van der Waals surface area contributed by atoms with Gasteiger partial charge in [-0.25, -0.2) is 4.98 Å². The van der Waals surface area contributed by atoms with Crippen LogP contribution in [0.25, 0.3) is 11.0 Å². The van der Waals surface area contributed by atoms with E-state index in [-0.39, 0.29) is 6.04 Å². The third-order valence-corrected chi connectivity index (χ3v) is 4.73. The van der Waals surface area contributed by atoms with Crippen molar-refractivity contribution in [1.82, 2.24) is 10.3 Å². The van der Waals surface area contributed by atoms with Gasteiger partial charge in [-0.1, -0.05) is 12.1 Å². The average Bonchev–Trinajstić information content (AvgIpc) is 3.03. The van der Waals surface area contributed by atoms with Crippen LogP contribution in [0.5, 0.6) is 0 Å². The van der Waals surface area contributed by atoms with Gasteiger partial charge in [-0.05, 0) is 42.0 Å². The number of aryl methyl sites for hydroxylation is 1. The van der Waals surface area contributed by atoms with E-state index in [0.29, 0.717) is 0 Å². The number of halogens is 1. The number of hydrogen-bond donors (Lipinski definition) is 1. The lowest BCUT2D eigenvalue weighted by molar-refractivity contribution is 0.448. The second kappa shape index (κ2) is 5.68. The molecule has 0 spiro atoms. The summed E-state index contributed by atoms with van der Waals surface area (Å²) in [7, 11) is 1.95. The molecule has 20 heavy (non-hydrogen) atoms. The molecule has 0 amide bonds. The number of thiazole rings is 1. The summed E-state index contributed by atoms with van der Waals surface area (Å²) in [5.74, 6) is 0.944. The molecule has 1 unspecified atom stereocenters. The number of hydrogen-bond acceptors (Lipinski definition) is 4. The summed E-state index contributed by atoms with van der Waals surface area (Å²) < 4.78 is 6.98. The molecular weight excluding hydrogens is 336 g/mol. The van der Waals surface area contributed by atoms with Gasteiger partial charge >= 0.3 is 0 Å². The largest absolute Gasteiger partial charge is 0.458 e. The number of fused-ring (bicyclic) bond motifs is 1.